The normalized spacial score (nSPS) is 16.3. The first-order chi connectivity index (χ1) is 17.5. The number of amides is 1. The van der Waals surface area contributed by atoms with Crippen LogP contribution in [0.2, 0.25) is 0 Å². The summed E-state index contributed by atoms with van der Waals surface area (Å²) in [7, 11) is 0. The number of fused-ring (bicyclic) bond motifs is 1. The first kappa shape index (κ1) is 26.7. The van der Waals surface area contributed by atoms with E-state index in [4.69, 9.17) is 9.47 Å². The Hall–Kier alpha value is -3.36. The Morgan fingerprint density at radius 3 is 2.65 bits per heavy atom. The van der Waals surface area contributed by atoms with Gasteiger partial charge in [0.25, 0.3) is 0 Å². The highest BCUT2D eigenvalue weighted by Crippen LogP contribution is 2.36. The first-order valence-electron chi connectivity index (χ1n) is 12.9. The number of rotatable bonds is 7. The number of halogens is 2. The molecule has 2 heterocycles. The number of carbonyl (C=O) groups is 1. The molecule has 1 unspecified atom stereocenters. The van der Waals surface area contributed by atoms with Crippen molar-refractivity contribution in [2.45, 2.75) is 72.1 Å². The van der Waals surface area contributed by atoms with Gasteiger partial charge in [0.2, 0.25) is 0 Å². The number of hydrogen-bond donors (Lipinski definition) is 1. The molecule has 0 aliphatic carbocycles. The lowest BCUT2D eigenvalue weighted by Gasteiger charge is -2.37. The highest BCUT2D eigenvalue weighted by Gasteiger charge is 2.30. The van der Waals surface area contributed by atoms with Crippen molar-refractivity contribution in [3.05, 3.63) is 48.2 Å². The molecule has 0 saturated carbocycles. The van der Waals surface area contributed by atoms with Crippen LogP contribution in [-0.4, -0.2) is 45.5 Å². The van der Waals surface area contributed by atoms with Gasteiger partial charge in [-0.2, -0.15) is 5.10 Å². The zero-order chi connectivity index (χ0) is 26.7. The van der Waals surface area contributed by atoms with Crippen LogP contribution in [0.4, 0.5) is 19.3 Å². The number of likely N-dealkylation sites (tertiary alicyclic amines) is 1. The fourth-order valence-electron chi connectivity index (χ4n) is 4.50. The Morgan fingerprint density at radius 1 is 1.16 bits per heavy atom. The fraction of sp³-hybridized carbons (Fsp3) is 0.500. The molecule has 1 N–H and O–H groups in total. The second-order valence-electron chi connectivity index (χ2n) is 11.0. The van der Waals surface area contributed by atoms with Gasteiger partial charge < -0.3 is 19.7 Å². The minimum absolute atomic E-state index is 0.0738. The van der Waals surface area contributed by atoms with Gasteiger partial charge in [-0.15, -0.1) is 0 Å². The van der Waals surface area contributed by atoms with E-state index in [9.17, 15) is 13.6 Å². The van der Waals surface area contributed by atoms with Crippen molar-refractivity contribution in [1.82, 2.24) is 14.7 Å². The van der Waals surface area contributed by atoms with Crippen LogP contribution >= 0.6 is 0 Å². The predicted octanol–water partition coefficient (Wildman–Crippen LogP) is 6.96. The molecule has 1 atom stereocenters. The van der Waals surface area contributed by atoms with Crippen LogP contribution in [0.5, 0.6) is 11.5 Å². The number of anilines is 1. The number of ether oxygens (including phenoxy) is 2. The van der Waals surface area contributed by atoms with Crippen LogP contribution in [0, 0.1) is 17.6 Å². The van der Waals surface area contributed by atoms with E-state index in [2.05, 4.69) is 24.3 Å². The molecule has 0 spiro atoms. The second kappa shape index (κ2) is 10.9. The van der Waals surface area contributed by atoms with Crippen molar-refractivity contribution in [3.63, 3.8) is 0 Å². The Balaban J connectivity index is 1.63. The van der Waals surface area contributed by atoms with E-state index in [1.54, 1.807) is 17.2 Å². The lowest BCUT2D eigenvalue weighted by molar-refractivity contribution is 0.0114. The molecule has 0 bridgehead atoms. The molecule has 200 valence electrons. The number of hydrogen-bond acceptors (Lipinski definition) is 5. The topological polar surface area (TPSA) is 68.6 Å². The monoisotopic (exact) mass is 514 g/mol. The summed E-state index contributed by atoms with van der Waals surface area (Å²) < 4.78 is 41.4. The lowest BCUT2D eigenvalue weighted by Crippen LogP contribution is -2.48. The van der Waals surface area contributed by atoms with E-state index >= 15 is 0 Å². The number of benzene rings is 2. The third-order valence-corrected chi connectivity index (χ3v) is 6.18. The molecule has 1 aromatic heterocycles. The third-order valence-electron chi connectivity index (χ3n) is 6.18. The van der Waals surface area contributed by atoms with Gasteiger partial charge in [-0.3, -0.25) is 4.68 Å². The average Bonchev–Trinajstić information content (AvgIpc) is 3.19. The van der Waals surface area contributed by atoms with Crippen molar-refractivity contribution in [2.24, 2.45) is 5.92 Å². The third kappa shape index (κ3) is 6.70. The fourth-order valence-corrected chi connectivity index (χ4v) is 4.50. The molecule has 4 rings (SSSR count). The molecule has 1 aliphatic heterocycles. The highest BCUT2D eigenvalue weighted by atomic mass is 19.1. The van der Waals surface area contributed by atoms with Crippen molar-refractivity contribution >= 4 is 22.7 Å². The van der Waals surface area contributed by atoms with Crippen LogP contribution in [-0.2, 0) is 11.3 Å². The molecular weight excluding hydrogens is 478 g/mol. The van der Waals surface area contributed by atoms with Crippen molar-refractivity contribution in [1.29, 1.82) is 0 Å². The number of nitrogens with one attached hydrogen (secondary N) is 1. The zero-order valence-electron chi connectivity index (χ0n) is 22.2. The maximum Gasteiger partial charge on any atom is 0.410 e. The van der Waals surface area contributed by atoms with Crippen LogP contribution in [0.15, 0.2) is 36.5 Å². The molecule has 2 aromatic carbocycles. The van der Waals surface area contributed by atoms with Gasteiger partial charge in [0.05, 0.1) is 23.4 Å². The number of carbonyl (C=O) groups excluding carboxylic acids is 1. The molecule has 1 saturated heterocycles. The molecule has 9 heteroatoms. The summed E-state index contributed by atoms with van der Waals surface area (Å²) in [5, 5.41) is 8.79. The van der Waals surface area contributed by atoms with Crippen molar-refractivity contribution in [3.8, 4) is 11.5 Å². The molecule has 3 aromatic rings. The van der Waals surface area contributed by atoms with Gasteiger partial charge in [0.1, 0.15) is 11.4 Å². The van der Waals surface area contributed by atoms with Gasteiger partial charge >= 0.3 is 6.09 Å². The summed E-state index contributed by atoms with van der Waals surface area (Å²) in [5.74, 6) is -0.750. The highest BCUT2D eigenvalue weighted by molar-refractivity contribution is 5.86. The number of aromatic nitrogens is 2. The van der Waals surface area contributed by atoms with Crippen LogP contribution in [0.25, 0.3) is 10.9 Å². The maximum absolute atomic E-state index is 14.4. The smallest absolute Gasteiger partial charge is 0.410 e. The molecule has 0 radical (unpaired) electrons. The van der Waals surface area contributed by atoms with E-state index in [1.807, 2.05) is 31.5 Å². The largest absolute Gasteiger partial charge is 0.452 e. The summed E-state index contributed by atoms with van der Waals surface area (Å²) >= 11 is 0. The second-order valence-corrected chi connectivity index (χ2v) is 11.0. The van der Waals surface area contributed by atoms with E-state index in [0.717, 1.165) is 48.8 Å². The minimum Gasteiger partial charge on any atom is -0.452 e. The summed E-state index contributed by atoms with van der Waals surface area (Å²) in [6.07, 6.45) is 4.20. The van der Waals surface area contributed by atoms with Gasteiger partial charge in [-0.05, 0) is 70.2 Å². The van der Waals surface area contributed by atoms with Crippen molar-refractivity contribution in [2.75, 3.05) is 18.4 Å². The number of nitrogens with zero attached hydrogens (tertiary/aromatic N) is 3. The Morgan fingerprint density at radius 2 is 1.95 bits per heavy atom. The molecule has 1 aliphatic rings. The predicted molar refractivity (Wildman–Crippen MR) is 140 cm³/mol. The Labute approximate surface area is 216 Å². The molecule has 1 fully saturated rings. The average molecular weight is 515 g/mol. The Kier molecular flexibility index (Phi) is 7.90. The quantitative estimate of drug-likeness (QED) is 0.369. The standard InChI is InChI=1S/C28H36F2N4O3/c1-18(2)17-34-24-14-23(31-16-21-8-6-7-11-33(21)27(35)37-28(3,4)5)26(12-19(24)15-32-34)36-25-10-9-20(29)13-22(25)30/h9-10,12-15,18,21,31H,6-8,11,16-17H2,1-5H3. The van der Waals surface area contributed by atoms with Gasteiger partial charge in [0, 0.05) is 31.1 Å². The van der Waals surface area contributed by atoms with Crippen molar-refractivity contribution < 1.29 is 23.0 Å². The number of piperidine rings is 1. The van der Waals surface area contributed by atoms with E-state index in [-0.39, 0.29) is 17.9 Å². The maximum atomic E-state index is 14.4. The molecule has 1 amide bonds. The van der Waals surface area contributed by atoms with Gasteiger partial charge in [-0.1, -0.05) is 13.8 Å². The Bertz CT molecular complexity index is 1250. The van der Waals surface area contributed by atoms with Crippen LogP contribution in [0.3, 0.4) is 0 Å². The molecule has 37 heavy (non-hydrogen) atoms. The minimum atomic E-state index is -0.787. The van der Waals surface area contributed by atoms with E-state index < -0.39 is 17.2 Å². The molecule has 7 nitrogen and oxygen atoms in total. The lowest BCUT2D eigenvalue weighted by atomic mass is 10.0. The summed E-state index contributed by atoms with van der Waals surface area (Å²) in [6.45, 7) is 11.6. The van der Waals surface area contributed by atoms with Gasteiger partial charge in [-0.25, -0.2) is 13.6 Å². The SMILES string of the molecule is CC(C)Cn1ncc2cc(Oc3ccc(F)cc3F)c(NCC3CCCCN3C(=O)OC(C)(C)C)cc21. The summed E-state index contributed by atoms with van der Waals surface area (Å²) in [6, 6.07) is 6.88. The zero-order valence-corrected chi connectivity index (χ0v) is 22.2. The summed E-state index contributed by atoms with van der Waals surface area (Å²) in [5.41, 5.74) is 0.972. The van der Waals surface area contributed by atoms with E-state index in [1.165, 1.54) is 6.07 Å². The van der Waals surface area contributed by atoms with Crippen LogP contribution < -0.4 is 10.1 Å². The van der Waals surface area contributed by atoms with Crippen LogP contribution in [0.1, 0.15) is 53.9 Å². The first-order valence-corrected chi connectivity index (χ1v) is 12.9. The molecular formula is C28H36F2N4O3. The summed E-state index contributed by atoms with van der Waals surface area (Å²) in [4.78, 5) is 14.6. The van der Waals surface area contributed by atoms with Gasteiger partial charge in [0.15, 0.2) is 17.3 Å². The van der Waals surface area contributed by atoms with E-state index in [0.29, 0.717) is 30.4 Å².